The Morgan fingerprint density at radius 3 is 2.50 bits per heavy atom. The van der Waals surface area contributed by atoms with Crippen LogP contribution in [0.3, 0.4) is 0 Å². The van der Waals surface area contributed by atoms with Gasteiger partial charge in [0.05, 0.1) is 7.11 Å². The predicted octanol–water partition coefficient (Wildman–Crippen LogP) is 3.32. The van der Waals surface area contributed by atoms with E-state index < -0.39 is 11.9 Å². The molecule has 0 radical (unpaired) electrons. The maximum Gasteiger partial charge on any atom is 0.326 e. The topological polar surface area (TPSA) is 76.7 Å². The number of nitrogens with one attached hydrogen (secondary N) is 2. The van der Waals surface area contributed by atoms with Gasteiger partial charge in [0.25, 0.3) is 5.91 Å². The number of ether oxygens (including phenoxy) is 2. The van der Waals surface area contributed by atoms with Crippen LogP contribution in [0, 0.1) is 5.82 Å². The lowest BCUT2D eigenvalue weighted by Gasteiger charge is -2.16. The van der Waals surface area contributed by atoms with Gasteiger partial charge in [-0.2, -0.15) is 0 Å². The number of halogens is 1. The van der Waals surface area contributed by atoms with Gasteiger partial charge in [0.2, 0.25) is 0 Å². The van der Waals surface area contributed by atoms with Crippen LogP contribution in [0.2, 0.25) is 0 Å². The van der Waals surface area contributed by atoms with Gasteiger partial charge in [-0.1, -0.05) is 18.2 Å². The summed E-state index contributed by atoms with van der Waals surface area (Å²) >= 11 is 0. The van der Waals surface area contributed by atoms with Crippen LogP contribution in [0.15, 0.2) is 54.8 Å². The highest BCUT2D eigenvalue weighted by molar-refractivity contribution is 6.14. The van der Waals surface area contributed by atoms with Crippen molar-refractivity contribution in [3.63, 3.8) is 0 Å². The highest BCUT2D eigenvalue weighted by atomic mass is 19.1. The Balaban J connectivity index is 1.91. The van der Waals surface area contributed by atoms with Crippen LogP contribution < -0.4 is 20.1 Å². The van der Waals surface area contributed by atoms with E-state index in [9.17, 15) is 14.0 Å². The highest BCUT2D eigenvalue weighted by Gasteiger charge is 2.23. The molecule has 1 aliphatic heterocycles. The summed E-state index contributed by atoms with van der Waals surface area (Å²) in [4.78, 5) is 23.0. The van der Waals surface area contributed by atoms with Gasteiger partial charge in [0.1, 0.15) is 18.1 Å². The highest BCUT2D eigenvalue weighted by Crippen LogP contribution is 2.35. The van der Waals surface area contributed by atoms with E-state index in [-0.39, 0.29) is 18.1 Å². The van der Waals surface area contributed by atoms with Crippen molar-refractivity contribution in [3.05, 3.63) is 77.3 Å². The number of methoxy groups -OCH3 is 1. The first-order valence-corrected chi connectivity index (χ1v) is 8.53. The third-order valence-electron chi connectivity index (χ3n) is 4.07. The van der Waals surface area contributed by atoms with Crippen molar-refractivity contribution in [2.75, 3.05) is 7.11 Å². The summed E-state index contributed by atoms with van der Waals surface area (Å²) in [6, 6.07) is 9.01. The molecule has 0 unspecified atom stereocenters. The molecule has 7 heteroatoms. The smallest absolute Gasteiger partial charge is 0.326 e. The summed E-state index contributed by atoms with van der Waals surface area (Å²) in [5, 5.41) is 4.60. The van der Waals surface area contributed by atoms with Gasteiger partial charge in [0, 0.05) is 5.56 Å². The molecule has 1 fully saturated rings. The van der Waals surface area contributed by atoms with Gasteiger partial charge in [-0.3, -0.25) is 10.1 Å². The lowest BCUT2D eigenvalue weighted by Crippen LogP contribution is -2.22. The molecule has 2 aromatic carbocycles. The van der Waals surface area contributed by atoms with E-state index in [1.165, 1.54) is 19.2 Å². The fourth-order valence-corrected chi connectivity index (χ4v) is 2.77. The lowest BCUT2D eigenvalue weighted by atomic mass is 10.0. The van der Waals surface area contributed by atoms with E-state index in [0.29, 0.717) is 23.5 Å². The molecule has 1 saturated heterocycles. The van der Waals surface area contributed by atoms with Crippen molar-refractivity contribution >= 4 is 18.0 Å². The van der Waals surface area contributed by atoms with Crippen LogP contribution in [0.1, 0.15) is 16.7 Å². The third kappa shape index (κ3) is 4.37. The fourth-order valence-electron chi connectivity index (χ4n) is 2.77. The number of carbonyl (C=O) groups is 2. The zero-order valence-corrected chi connectivity index (χ0v) is 15.3. The second-order valence-corrected chi connectivity index (χ2v) is 6.09. The summed E-state index contributed by atoms with van der Waals surface area (Å²) in [6.45, 7) is 4.00. The number of hydrogen-bond donors (Lipinski definition) is 2. The largest absolute Gasteiger partial charge is 0.493 e. The number of rotatable bonds is 7. The lowest BCUT2D eigenvalue weighted by molar-refractivity contribution is -0.115. The predicted molar refractivity (Wildman–Crippen MR) is 102 cm³/mol. The van der Waals surface area contributed by atoms with Gasteiger partial charge >= 0.3 is 6.03 Å². The van der Waals surface area contributed by atoms with Crippen LogP contribution in [0.25, 0.3) is 6.08 Å². The second kappa shape index (κ2) is 8.39. The Kier molecular flexibility index (Phi) is 5.74. The van der Waals surface area contributed by atoms with Crippen molar-refractivity contribution in [3.8, 4) is 11.5 Å². The number of urea groups is 1. The van der Waals surface area contributed by atoms with Crippen LogP contribution in [0.5, 0.6) is 11.5 Å². The Labute approximate surface area is 161 Å². The van der Waals surface area contributed by atoms with Crippen LogP contribution in [-0.2, 0) is 17.8 Å². The minimum atomic E-state index is -0.561. The first-order chi connectivity index (χ1) is 13.5. The van der Waals surface area contributed by atoms with Gasteiger partial charge in [-0.05, 0) is 47.9 Å². The Morgan fingerprint density at radius 2 is 1.89 bits per heavy atom. The third-order valence-corrected chi connectivity index (χ3v) is 4.07. The number of imide groups is 1. The van der Waals surface area contributed by atoms with Gasteiger partial charge < -0.3 is 14.8 Å². The molecule has 144 valence electrons. The average Bonchev–Trinajstić information content (AvgIpc) is 2.99. The van der Waals surface area contributed by atoms with Crippen molar-refractivity contribution in [1.29, 1.82) is 0 Å². The van der Waals surface area contributed by atoms with E-state index in [2.05, 4.69) is 17.2 Å². The molecule has 0 spiro atoms. The van der Waals surface area contributed by atoms with Crippen molar-refractivity contribution in [1.82, 2.24) is 10.6 Å². The first kappa shape index (κ1) is 19.2. The molecule has 0 saturated carbocycles. The zero-order valence-electron chi connectivity index (χ0n) is 15.3. The summed E-state index contributed by atoms with van der Waals surface area (Å²) in [5.41, 5.74) is 2.42. The van der Waals surface area contributed by atoms with Gasteiger partial charge in [-0.15, -0.1) is 6.58 Å². The maximum atomic E-state index is 13.1. The number of allylic oxidation sites excluding steroid dienone is 1. The molecule has 1 aliphatic rings. The molecule has 0 bridgehead atoms. The van der Waals surface area contributed by atoms with E-state index in [0.717, 1.165) is 11.1 Å². The normalized spacial score (nSPS) is 14.6. The van der Waals surface area contributed by atoms with Crippen LogP contribution >= 0.6 is 0 Å². The molecule has 2 aromatic rings. The molecule has 0 aromatic heterocycles. The standard InChI is InChI=1S/C21H19FN2O4/c1-3-4-15-9-14(10-17-20(25)24-21(26)23-17)11-18(27-2)19(15)28-12-13-5-7-16(22)8-6-13/h3,5-11H,1,4,12H2,2H3,(H2,23,24,25,26)/b17-10+. The number of amides is 3. The maximum absolute atomic E-state index is 13.1. The number of carbonyl (C=O) groups excluding carboxylic acids is 2. The molecule has 3 amide bonds. The average molecular weight is 382 g/mol. The van der Waals surface area contributed by atoms with E-state index in [1.54, 1.807) is 30.4 Å². The number of hydrogen-bond acceptors (Lipinski definition) is 4. The number of benzene rings is 2. The summed E-state index contributed by atoms with van der Waals surface area (Å²) in [7, 11) is 1.51. The van der Waals surface area contributed by atoms with Crippen LogP contribution in [-0.4, -0.2) is 19.0 Å². The Hall–Kier alpha value is -3.61. The monoisotopic (exact) mass is 382 g/mol. The summed E-state index contributed by atoms with van der Waals surface area (Å²) in [5.74, 6) is 0.201. The van der Waals surface area contributed by atoms with Crippen molar-refractivity contribution in [2.24, 2.45) is 0 Å². The molecular formula is C21H19FN2O4. The van der Waals surface area contributed by atoms with Crippen LogP contribution in [0.4, 0.5) is 9.18 Å². The van der Waals surface area contributed by atoms with E-state index in [1.807, 2.05) is 6.07 Å². The first-order valence-electron chi connectivity index (χ1n) is 8.53. The second-order valence-electron chi connectivity index (χ2n) is 6.09. The summed E-state index contributed by atoms with van der Waals surface area (Å²) in [6.07, 6.45) is 3.78. The zero-order chi connectivity index (χ0) is 20.1. The Bertz CT molecular complexity index is 952. The quantitative estimate of drug-likeness (QED) is 0.438. The van der Waals surface area contributed by atoms with Gasteiger partial charge in [0.15, 0.2) is 11.5 Å². The molecule has 2 N–H and O–H groups in total. The Morgan fingerprint density at radius 1 is 1.14 bits per heavy atom. The molecule has 3 rings (SSSR count). The van der Waals surface area contributed by atoms with Crippen molar-refractivity contribution < 1.29 is 23.5 Å². The fraction of sp³-hybridized carbons (Fsp3) is 0.143. The van der Waals surface area contributed by atoms with E-state index >= 15 is 0 Å². The molecular weight excluding hydrogens is 363 g/mol. The minimum Gasteiger partial charge on any atom is -0.493 e. The molecule has 0 aliphatic carbocycles. The van der Waals surface area contributed by atoms with Gasteiger partial charge in [-0.25, -0.2) is 9.18 Å². The molecule has 28 heavy (non-hydrogen) atoms. The SMILES string of the molecule is C=CCc1cc(/C=C2/NC(=O)NC2=O)cc(OC)c1OCc1ccc(F)cc1. The molecule has 0 atom stereocenters. The van der Waals surface area contributed by atoms with E-state index in [4.69, 9.17) is 9.47 Å². The molecule has 6 nitrogen and oxygen atoms in total. The molecule has 1 heterocycles. The minimum absolute atomic E-state index is 0.150. The van der Waals surface area contributed by atoms with Crippen molar-refractivity contribution in [2.45, 2.75) is 13.0 Å². The summed E-state index contributed by atoms with van der Waals surface area (Å²) < 4.78 is 24.5.